The average molecular weight is 417 g/mol. The maximum absolute atomic E-state index is 12.9. The highest BCUT2D eigenvalue weighted by Gasteiger charge is 2.27. The zero-order valence-electron chi connectivity index (χ0n) is 15.9. The Morgan fingerprint density at radius 2 is 1.96 bits per heavy atom. The van der Waals surface area contributed by atoms with Crippen LogP contribution in [0.3, 0.4) is 0 Å². The molecule has 0 spiro atoms. The number of methoxy groups -OCH3 is 1. The number of aryl methyl sites for hydroxylation is 3. The summed E-state index contributed by atoms with van der Waals surface area (Å²) >= 11 is 2.86. The van der Waals surface area contributed by atoms with Gasteiger partial charge in [-0.2, -0.15) is 0 Å². The fourth-order valence-electron chi connectivity index (χ4n) is 3.57. The summed E-state index contributed by atoms with van der Waals surface area (Å²) in [4.78, 5) is 27.9. The van der Waals surface area contributed by atoms with Gasteiger partial charge in [-0.25, -0.2) is 4.79 Å². The van der Waals surface area contributed by atoms with E-state index in [1.165, 1.54) is 34.7 Å². The minimum absolute atomic E-state index is 0.230. The molecule has 28 heavy (non-hydrogen) atoms. The molecule has 3 aromatic rings. The number of esters is 1. The second-order valence-corrected chi connectivity index (χ2v) is 8.91. The number of carbonyl (C=O) groups is 2. The van der Waals surface area contributed by atoms with E-state index in [1.807, 2.05) is 19.9 Å². The van der Waals surface area contributed by atoms with Gasteiger partial charge in [0.1, 0.15) is 10.8 Å². The molecule has 3 aromatic heterocycles. The average Bonchev–Trinajstić information content (AvgIpc) is 3.38. The number of hydrogen-bond donors (Lipinski definition) is 1. The second-order valence-electron chi connectivity index (χ2n) is 6.72. The van der Waals surface area contributed by atoms with Crippen LogP contribution in [0.5, 0.6) is 0 Å². The molecule has 6 nitrogen and oxygen atoms in total. The summed E-state index contributed by atoms with van der Waals surface area (Å²) in [6, 6.07) is 3.68. The topological polar surface area (TPSA) is 81.4 Å². The molecule has 1 amide bonds. The van der Waals surface area contributed by atoms with Crippen LogP contribution in [0, 0.1) is 13.8 Å². The fourth-order valence-corrected chi connectivity index (χ4v) is 5.88. The van der Waals surface area contributed by atoms with Gasteiger partial charge in [-0.1, -0.05) is 5.16 Å². The van der Waals surface area contributed by atoms with Crippen molar-refractivity contribution < 1.29 is 18.8 Å². The van der Waals surface area contributed by atoms with Crippen LogP contribution in [0.4, 0.5) is 5.00 Å². The summed E-state index contributed by atoms with van der Waals surface area (Å²) in [5.74, 6) is 0.106. The van der Waals surface area contributed by atoms with Gasteiger partial charge < -0.3 is 14.6 Å². The van der Waals surface area contributed by atoms with Crippen molar-refractivity contribution in [2.24, 2.45) is 0 Å². The zero-order valence-corrected chi connectivity index (χ0v) is 17.5. The first-order chi connectivity index (χ1) is 13.5. The quantitative estimate of drug-likeness (QED) is 0.605. The minimum atomic E-state index is -0.391. The van der Waals surface area contributed by atoms with Crippen LogP contribution in [0.15, 0.2) is 16.7 Å². The molecule has 0 saturated carbocycles. The largest absolute Gasteiger partial charge is 0.465 e. The van der Waals surface area contributed by atoms with Gasteiger partial charge in [0.15, 0.2) is 0 Å². The molecule has 0 aliphatic heterocycles. The molecule has 146 valence electrons. The van der Waals surface area contributed by atoms with E-state index in [2.05, 4.69) is 10.5 Å². The summed E-state index contributed by atoms with van der Waals surface area (Å²) in [7, 11) is 1.37. The number of nitrogens with one attached hydrogen (secondary N) is 1. The Bertz CT molecular complexity index is 1040. The Balaban J connectivity index is 1.63. The van der Waals surface area contributed by atoms with Crippen LogP contribution < -0.4 is 5.32 Å². The summed E-state index contributed by atoms with van der Waals surface area (Å²) in [6.07, 6.45) is 3.94. The van der Waals surface area contributed by atoms with Crippen LogP contribution in [0.1, 0.15) is 54.8 Å². The first-order valence-electron chi connectivity index (χ1n) is 9.07. The Kier molecular flexibility index (Phi) is 5.07. The van der Waals surface area contributed by atoms with Gasteiger partial charge >= 0.3 is 5.97 Å². The van der Waals surface area contributed by atoms with Crippen LogP contribution >= 0.6 is 22.7 Å². The van der Waals surface area contributed by atoms with Gasteiger partial charge in [0.2, 0.25) is 0 Å². The van der Waals surface area contributed by atoms with Gasteiger partial charge in [-0.05, 0) is 57.2 Å². The van der Waals surface area contributed by atoms with Gasteiger partial charge in [0, 0.05) is 9.75 Å². The van der Waals surface area contributed by atoms with Crippen molar-refractivity contribution in [3.8, 4) is 10.4 Å². The van der Waals surface area contributed by atoms with E-state index in [0.717, 1.165) is 53.1 Å². The smallest absolute Gasteiger partial charge is 0.341 e. The second kappa shape index (κ2) is 7.52. The number of carbonyl (C=O) groups excluding carboxylic acids is 2. The highest BCUT2D eigenvalue weighted by molar-refractivity contribution is 7.18. The Labute approximate surface area is 170 Å². The van der Waals surface area contributed by atoms with Crippen molar-refractivity contribution in [1.29, 1.82) is 0 Å². The van der Waals surface area contributed by atoms with Gasteiger partial charge in [-0.3, -0.25) is 4.79 Å². The Morgan fingerprint density at radius 1 is 1.18 bits per heavy atom. The third-order valence-electron chi connectivity index (χ3n) is 4.90. The third-order valence-corrected chi connectivity index (χ3v) is 7.21. The van der Waals surface area contributed by atoms with E-state index in [0.29, 0.717) is 15.4 Å². The van der Waals surface area contributed by atoms with E-state index < -0.39 is 5.97 Å². The van der Waals surface area contributed by atoms with Gasteiger partial charge in [0.25, 0.3) is 5.91 Å². The van der Waals surface area contributed by atoms with Crippen LogP contribution in [-0.2, 0) is 17.6 Å². The van der Waals surface area contributed by atoms with E-state index in [4.69, 9.17) is 9.26 Å². The molecule has 0 bridgehead atoms. The highest BCUT2D eigenvalue weighted by Crippen LogP contribution is 2.39. The van der Waals surface area contributed by atoms with Crippen LogP contribution in [0.2, 0.25) is 0 Å². The van der Waals surface area contributed by atoms with Gasteiger partial charge in [0.05, 0.1) is 28.8 Å². The van der Waals surface area contributed by atoms with E-state index in [-0.39, 0.29) is 5.91 Å². The predicted octanol–water partition coefficient (Wildman–Crippen LogP) is 5.00. The standard InChI is InChI=1S/C20H20N2O4S2/c1-10-16(11(2)26-22-10)14-8-9-15(27-14)18(23)21-19-17(20(24)25-3)12-6-4-5-7-13(12)28-19/h8-9H,4-7H2,1-3H3,(H,21,23). The maximum Gasteiger partial charge on any atom is 0.341 e. The van der Waals surface area contributed by atoms with E-state index in [9.17, 15) is 9.59 Å². The number of nitrogens with zero attached hydrogens (tertiary/aromatic N) is 1. The lowest BCUT2D eigenvalue weighted by Gasteiger charge is -2.11. The number of rotatable bonds is 4. The first-order valence-corrected chi connectivity index (χ1v) is 10.7. The molecule has 0 saturated heterocycles. The van der Waals surface area contributed by atoms with Crippen molar-refractivity contribution in [2.45, 2.75) is 39.5 Å². The number of hydrogen-bond acceptors (Lipinski definition) is 7. The zero-order chi connectivity index (χ0) is 19.8. The van der Waals surface area contributed by atoms with Crippen molar-refractivity contribution in [1.82, 2.24) is 5.16 Å². The molecule has 0 fully saturated rings. The molecule has 0 atom stereocenters. The normalized spacial score (nSPS) is 13.2. The minimum Gasteiger partial charge on any atom is -0.465 e. The van der Waals surface area contributed by atoms with E-state index >= 15 is 0 Å². The summed E-state index contributed by atoms with van der Waals surface area (Å²) in [5.41, 5.74) is 3.26. The number of amides is 1. The van der Waals surface area contributed by atoms with Crippen LogP contribution in [-0.4, -0.2) is 24.1 Å². The molecule has 4 rings (SSSR count). The third kappa shape index (κ3) is 3.27. The lowest BCUT2D eigenvalue weighted by atomic mass is 9.95. The molecular formula is C20H20N2O4S2. The van der Waals surface area contributed by atoms with Gasteiger partial charge in [-0.15, -0.1) is 22.7 Å². The summed E-state index contributed by atoms with van der Waals surface area (Å²) < 4.78 is 10.2. The lowest BCUT2D eigenvalue weighted by molar-refractivity contribution is 0.0601. The van der Waals surface area contributed by atoms with Crippen molar-refractivity contribution >= 4 is 39.6 Å². The maximum atomic E-state index is 12.9. The summed E-state index contributed by atoms with van der Waals surface area (Å²) in [6.45, 7) is 3.73. The summed E-state index contributed by atoms with van der Waals surface area (Å²) in [5, 5.41) is 7.49. The Morgan fingerprint density at radius 3 is 2.68 bits per heavy atom. The van der Waals surface area contributed by atoms with Crippen molar-refractivity contribution in [3.05, 3.63) is 44.5 Å². The number of thiophene rings is 2. The number of fused-ring (bicyclic) bond motifs is 1. The monoisotopic (exact) mass is 416 g/mol. The molecule has 0 unspecified atom stereocenters. The molecule has 3 heterocycles. The van der Waals surface area contributed by atoms with Crippen molar-refractivity contribution in [2.75, 3.05) is 12.4 Å². The lowest BCUT2D eigenvalue weighted by Crippen LogP contribution is -2.14. The predicted molar refractivity (Wildman–Crippen MR) is 110 cm³/mol. The fraction of sp³-hybridized carbons (Fsp3) is 0.350. The Hall–Kier alpha value is -2.45. The first kappa shape index (κ1) is 18.9. The number of aromatic nitrogens is 1. The molecule has 8 heteroatoms. The van der Waals surface area contributed by atoms with Crippen molar-refractivity contribution in [3.63, 3.8) is 0 Å². The van der Waals surface area contributed by atoms with E-state index in [1.54, 1.807) is 6.07 Å². The van der Waals surface area contributed by atoms with Crippen LogP contribution in [0.25, 0.3) is 10.4 Å². The number of anilines is 1. The highest BCUT2D eigenvalue weighted by atomic mass is 32.1. The molecule has 1 N–H and O–H groups in total. The number of ether oxygens (including phenoxy) is 1. The molecular weight excluding hydrogens is 396 g/mol. The SMILES string of the molecule is COC(=O)c1c(NC(=O)c2ccc(-c3c(C)noc3C)s2)sc2c1CCCC2. The molecule has 0 aromatic carbocycles. The molecule has 1 aliphatic carbocycles. The molecule has 1 aliphatic rings. The molecule has 0 radical (unpaired) electrons.